The van der Waals surface area contributed by atoms with E-state index in [4.69, 9.17) is 17.3 Å². The fraction of sp³-hybridized carbons (Fsp3) is 0.214. The zero-order valence-electron chi connectivity index (χ0n) is 10.2. The Morgan fingerprint density at radius 2 is 2.16 bits per heavy atom. The van der Waals surface area contributed by atoms with Crippen molar-refractivity contribution in [2.45, 2.75) is 12.5 Å². The number of thiophene rings is 1. The van der Waals surface area contributed by atoms with Gasteiger partial charge in [0, 0.05) is 17.0 Å². The van der Waals surface area contributed by atoms with Crippen molar-refractivity contribution in [3.63, 3.8) is 0 Å². The van der Waals surface area contributed by atoms with E-state index < -0.39 is 0 Å². The Kier molecular flexibility index (Phi) is 3.31. The van der Waals surface area contributed by atoms with Gasteiger partial charge in [0.25, 0.3) is 5.91 Å². The summed E-state index contributed by atoms with van der Waals surface area (Å²) in [5.41, 5.74) is 8.99. The molecule has 5 heteroatoms. The van der Waals surface area contributed by atoms with Crippen molar-refractivity contribution in [3.8, 4) is 0 Å². The van der Waals surface area contributed by atoms with Gasteiger partial charge in [-0.05, 0) is 35.7 Å². The number of halogens is 1. The van der Waals surface area contributed by atoms with Crippen LogP contribution in [0.15, 0.2) is 30.3 Å². The second-order valence-corrected chi connectivity index (χ2v) is 6.29. The van der Waals surface area contributed by atoms with E-state index in [0.29, 0.717) is 6.54 Å². The number of carbonyl (C=O) groups excluding carboxylic acids is 1. The molecule has 0 saturated carbocycles. The van der Waals surface area contributed by atoms with Crippen LogP contribution in [0, 0.1) is 0 Å². The molecule has 0 spiro atoms. The Balaban J connectivity index is 1.97. The van der Waals surface area contributed by atoms with Crippen LogP contribution in [0.25, 0.3) is 0 Å². The highest BCUT2D eigenvalue weighted by molar-refractivity contribution is 7.16. The number of nitrogens with two attached hydrogens (primary N) is 1. The fourth-order valence-electron chi connectivity index (χ4n) is 2.28. The standard InChI is InChI=1S/C14H13ClN2OS/c15-12-4-3-11(19-12)13(16)9-2-1-8-5-6-17-14(18)10(8)7-9/h1-4,7,13H,5-6,16H2,(H,17,18). The summed E-state index contributed by atoms with van der Waals surface area (Å²) in [6.07, 6.45) is 0.876. The fourth-order valence-corrected chi connectivity index (χ4v) is 3.37. The minimum absolute atomic E-state index is 0.0143. The number of carbonyl (C=O) groups is 1. The molecule has 0 radical (unpaired) electrons. The van der Waals surface area contributed by atoms with E-state index in [2.05, 4.69) is 5.32 Å². The predicted octanol–water partition coefficient (Wildman–Crippen LogP) is 2.74. The normalized spacial score (nSPS) is 15.8. The molecule has 1 aromatic carbocycles. The Morgan fingerprint density at radius 1 is 1.32 bits per heavy atom. The number of fused-ring (bicyclic) bond motifs is 1. The van der Waals surface area contributed by atoms with E-state index in [1.54, 1.807) is 0 Å². The highest BCUT2D eigenvalue weighted by Gasteiger charge is 2.19. The molecule has 19 heavy (non-hydrogen) atoms. The van der Waals surface area contributed by atoms with Gasteiger partial charge in [-0.15, -0.1) is 11.3 Å². The Labute approximate surface area is 120 Å². The number of rotatable bonds is 2. The maximum absolute atomic E-state index is 11.8. The van der Waals surface area contributed by atoms with Crippen LogP contribution in [0.4, 0.5) is 0 Å². The first-order valence-electron chi connectivity index (χ1n) is 6.07. The molecule has 0 fully saturated rings. The van der Waals surface area contributed by atoms with E-state index in [0.717, 1.165) is 32.3 Å². The van der Waals surface area contributed by atoms with Crippen LogP contribution in [0.5, 0.6) is 0 Å². The minimum atomic E-state index is -0.238. The molecule has 3 rings (SSSR count). The Bertz CT molecular complexity index is 638. The van der Waals surface area contributed by atoms with Gasteiger partial charge in [0.2, 0.25) is 0 Å². The topological polar surface area (TPSA) is 55.1 Å². The summed E-state index contributed by atoms with van der Waals surface area (Å²) >= 11 is 7.40. The van der Waals surface area contributed by atoms with Gasteiger partial charge in [-0.1, -0.05) is 23.7 Å². The highest BCUT2D eigenvalue weighted by Crippen LogP contribution is 2.30. The van der Waals surface area contributed by atoms with Gasteiger partial charge >= 0.3 is 0 Å². The molecule has 1 atom stereocenters. The van der Waals surface area contributed by atoms with Gasteiger partial charge in [0.15, 0.2) is 0 Å². The molecule has 2 aromatic rings. The van der Waals surface area contributed by atoms with Crippen molar-refractivity contribution in [3.05, 3.63) is 56.2 Å². The van der Waals surface area contributed by atoms with Gasteiger partial charge in [0.1, 0.15) is 0 Å². The van der Waals surface area contributed by atoms with E-state index in [9.17, 15) is 4.79 Å². The van der Waals surface area contributed by atoms with Crippen LogP contribution >= 0.6 is 22.9 Å². The van der Waals surface area contributed by atoms with E-state index in [-0.39, 0.29) is 11.9 Å². The van der Waals surface area contributed by atoms with Crippen LogP contribution in [0.2, 0.25) is 4.34 Å². The first-order chi connectivity index (χ1) is 9.15. The summed E-state index contributed by atoms with van der Waals surface area (Å²) < 4.78 is 0.723. The molecule has 0 saturated heterocycles. The molecular weight excluding hydrogens is 280 g/mol. The maximum Gasteiger partial charge on any atom is 0.251 e. The Hall–Kier alpha value is -1.36. The summed E-state index contributed by atoms with van der Waals surface area (Å²) in [4.78, 5) is 12.8. The van der Waals surface area contributed by atoms with Crippen molar-refractivity contribution in [1.82, 2.24) is 5.32 Å². The summed E-state index contributed by atoms with van der Waals surface area (Å²) in [6.45, 7) is 0.706. The first kappa shape index (κ1) is 12.7. The number of benzene rings is 1. The summed E-state index contributed by atoms with van der Waals surface area (Å²) in [7, 11) is 0. The van der Waals surface area contributed by atoms with E-state index in [1.165, 1.54) is 11.3 Å². The van der Waals surface area contributed by atoms with Gasteiger partial charge in [-0.3, -0.25) is 4.79 Å². The van der Waals surface area contributed by atoms with Gasteiger partial charge in [-0.2, -0.15) is 0 Å². The average molecular weight is 293 g/mol. The molecule has 1 amide bonds. The first-order valence-corrected chi connectivity index (χ1v) is 7.26. The molecule has 2 heterocycles. The molecule has 3 N–H and O–H groups in total. The molecule has 1 aliphatic rings. The van der Waals surface area contributed by atoms with Crippen molar-refractivity contribution < 1.29 is 4.79 Å². The quantitative estimate of drug-likeness (QED) is 0.894. The summed E-state index contributed by atoms with van der Waals surface area (Å²) in [5.74, 6) is -0.0143. The van der Waals surface area contributed by atoms with Gasteiger partial charge in [-0.25, -0.2) is 0 Å². The van der Waals surface area contributed by atoms with Gasteiger partial charge < -0.3 is 11.1 Å². The van der Waals surface area contributed by atoms with Crippen LogP contribution in [0.3, 0.4) is 0 Å². The Morgan fingerprint density at radius 3 is 2.89 bits per heavy atom. The van der Waals surface area contributed by atoms with Crippen molar-refractivity contribution in [2.24, 2.45) is 5.73 Å². The summed E-state index contributed by atoms with van der Waals surface area (Å²) in [6, 6.07) is 9.41. The zero-order valence-corrected chi connectivity index (χ0v) is 11.7. The lowest BCUT2D eigenvalue weighted by Gasteiger charge is -2.19. The third kappa shape index (κ3) is 2.39. The molecule has 1 aliphatic heterocycles. The third-order valence-corrected chi connectivity index (χ3v) is 4.63. The van der Waals surface area contributed by atoms with Crippen LogP contribution < -0.4 is 11.1 Å². The molecular formula is C14H13ClN2OS. The number of hydrogen-bond donors (Lipinski definition) is 2. The molecule has 0 bridgehead atoms. The lowest BCUT2D eigenvalue weighted by molar-refractivity contribution is 0.0946. The predicted molar refractivity (Wildman–Crippen MR) is 77.8 cm³/mol. The van der Waals surface area contributed by atoms with Crippen LogP contribution in [-0.2, 0) is 6.42 Å². The molecule has 3 nitrogen and oxygen atoms in total. The lowest BCUT2D eigenvalue weighted by atomic mass is 9.95. The SMILES string of the molecule is NC(c1ccc2c(c1)C(=O)NCC2)c1ccc(Cl)s1. The van der Waals surface area contributed by atoms with Crippen LogP contribution in [0.1, 0.15) is 32.4 Å². The molecule has 98 valence electrons. The van der Waals surface area contributed by atoms with Crippen LogP contribution in [-0.4, -0.2) is 12.5 Å². The largest absolute Gasteiger partial charge is 0.352 e. The van der Waals surface area contributed by atoms with E-state index >= 15 is 0 Å². The molecule has 1 aromatic heterocycles. The number of nitrogens with one attached hydrogen (secondary N) is 1. The highest BCUT2D eigenvalue weighted by atomic mass is 35.5. The lowest BCUT2D eigenvalue weighted by Crippen LogP contribution is -2.32. The smallest absolute Gasteiger partial charge is 0.251 e. The van der Waals surface area contributed by atoms with Gasteiger partial charge in [0.05, 0.1) is 10.4 Å². The molecule has 0 aliphatic carbocycles. The number of hydrogen-bond acceptors (Lipinski definition) is 3. The average Bonchev–Trinajstić information content (AvgIpc) is 2.85. The second kappa shape index (κ2) is 4.96. The van der Waals surface area contributed by atoms with Crippen molar-refractivity contribution >= 4 is 28.8 Å². The number of amides is 1. The second-order valence-electron chi connectivity index (χ2n) is 4.54. The third-order valence-electron chi connectivity index (χ3n) is 3.32. The van der Waals surface area contributed by atoms with Crippen molar-refractivity contribution in [2.75, 3.05) is 6.54 Å². The molecule has 1 unspecified atom stereocenters. The zero-order chi connectivity index (χ0) is 13.4. The van der Waals surface area contributed by atoms with E-state index in [1.807, 2.05) is 30.3 Å². The monoisotopic (exact) mass is 292 g/mol. The summed E-state index contributed by atoms with van der Waals surface area (Å²) in [5, 5.41) is 2.85. The maximum atomic E-state index is 11.8. The van der Waals surface area contributed by atoms with Crippen molar-refractivity contribution in [1.29, 1.82) is 0 Å². The minimum Gasteiger partial charge on any atom is -0.352 e.